The smallest absolute Gasteiger partial charge is 0.307 e. The number of methoxy groups -OCH3 is 1. The molecule has 0 heterocycles. The number of alkyl halides is 1. The Hall–Kier alpha value is -0.640. The Labute approximate surface area is 108 Å². The maximum Gasteiger partial charge on any atom is 0.307 e. The van der Waals surface area contributed by atoms with E-state index in [1.165, 1.54) is 19.2 Å². The second-order valence-corrected chi connectivity index (χ2v) is 4.42. The van der Waals surface area contributed by atoms with E-state index in [4.69, 9.17) is 34.8 Å². The lowest BCUT2D eigenvalue weighted by Crippen LogP contribution is -2.04. The fourth-order valence-electron chi connectivity index (χ4n) is 1.11. The van der Waals surface area contributed by atoms with Gasteiger partial charge in [-0.25, -0.2) is 0 Å². The molecule has 3 nitrogen and oxygen atoms in total. The van der Waals surface area contributed by atoms with Crippen molar-refractivity contribution < 1.29 is 14.6 Å². The molecule has 1 aromatic rings. The topological polar surface area (TPSA) is 46.5 Å². The number of ether oxygens (including phenoxy) is 1. The number of phenolic OH excluding ortho intramolecular Hbond substituents is 1. The molecule has 0 aromatic heterocycles. The molecule has 1 unspecified atom stereocenters. The Morgan fingerprint density at radius 1 is 1.44 bits per heavy atom. The van der Waals surface area contributed by atoms with E-state index in [0.717, 1.165) is 0 Å². The fourth-order valence-corrected chi connectivity index (χ4v) is 1.87. The minimum Gasteiger partial charge on any atom is -0.505 e. The molecule has 1 aromatic carbocycles. The van der Waals surface area contributed by atoms with Crippen LogP contribution in [0.2, 0.25) is 10.0 Å². The van der Waals surface area contributed by atoms with Gasteiger partial charge in [0.2, 0.25) is 0 Å². The van der Waals surface area contributed by atoms with E-state index in [-0.39, 0.29) is 22.2 Å². The van der Waals surface area contributed by atoms with Crippen LogP contribution in [0.5, 0.6) is 5.75 Å². The molecule has 0 aliphatic rings. The van der Waals surface area contributed by atoms with Gasteiger partial charge in [-0.15, -0.1) is 11.6 Å². The first kappa shape index (κ1) is 13.4. The zero-order valence-corrected chi connectivity index (χ0v) is 10.6. The normalized spacial score (nSPS) is 12.2. The van der Waals surface area contributed by atoms with Crippen molar-refractivity contribution >= 4 is 40.8 Å². The number of aromatic hydroxyl groups is 1. The molecule has 0 aliphatic carbocycles. The van der Waals surface area contributed by atoms with Gasteiger partial charge in [-0.2, -0.15) is 0 Å². The largest absolute Gasteiger partial charge is 0.505 e. The SMILES string of the molecule is COC(=O)CC(Cl)c1cc(Cl)c(O)c(Cl)c1. The molecule has 0 spiro atoms. The zero-order valence-electron chi connectivity index (χ0n) is 8.34. The van der Waals surface area contributed by atoms with Gasteiger partial charge in [0.25, 0.3) is 0 Å². The summed E-state index contributed by atoms with van der Waals surface area (Å²) in [6, 6.07) is 2.92. The second-order valence-electron chi connectivity index (χ2n) is 3.08. The predicted molar refractivity (Wildman–Crippen MR) is 63.4 cm³/mol. The van der Waals surface area contributed by atoms with Crippen molar-refractivity contribution in [3.8, 4) is 5.75 Å². The van der Waals surface area contributed by atoms with Crippen LogP contribution in [-0.2, 0) is 9.53 Å². The summed E-state index contributed by atoms with van der Waals surface area (Å²) in [5.41, 5.74) is 0.555. The summed E-state index contributed by atoms with van der Waals surface area (Å²) in [4.78, 5) is 11.0. The standard InChI is InChI=1S/C10H9Cl3O3/c1-16-9(14)4-6(11)5-2-7(12)10(15)8(13)3-5/h2-3,6,15H,4H2,1H3. The number of hydrogen-bond acceptors (Lipinski definition) is 3. The van der Waals surface area contributed by atoms with Gasteiger partial charge in [0.05, 0.1) is 29.0 Å². The molecule has 0 saturated carbocycles. The summed E-state index contributed by atoms with van der Waals surface area (Å²) in [7, 11) is 1.28. The Kier molecular flexibility index (Phi) is 4.71. The van der Waals surface area contributed by atoms with Crippen LogP contribution >= 0.6 is 34.8 Å². The van der Waals surface area contributed by atoms with Crippen molar-refractivity contribution in [2.75, 3.05) is 7.11 Å². The quantitative estimate of drug-likeness (QED) is 0.682. The number of rotatable bonds is 3. The monoisotopic (exact) mass is 282 g/mol. The Balaban J connectivity index is 2.92. The molecule has 0 fully saturated rings. The number of halogens is 3. The highest BCUT2D eigenvalue weighted by Gasteiger charge is 2.16. The molecule has 0 amide bonds. The van der Waals surface area contributed by atoms with E-state index in [0.29, 0.717) is 5.56 Å². The summed E-state index contributed by atoms with van der Waals surface area (Å²) in [5, 5.41) is 8.94. The van der Waals surface area contributed by atoms with Crippen LogP contribution in [0.3, 0.4) is 0 Å². The van der Waals surface area contributed by atoms with E-state index >= 15 is 0 Å². The van der Waals surface area contributed by atoms with Gasteiger partial charge in [-0.05, 0) is 17.7 Å². The van der Waals surface area contributed by atoms with E-state index < -0.39 is 11.3 Å². The lowest BCUT2D eigenvalue weighted by Gasteiger charge is -2.10. The van der Waals surface area contributed by atoms with Gasteiger partial charge in [0.1, 0.15) is 0 Å². The lowest BCUT2D eigenvalue weighted by atomic mass is 10.1. The third kappa shape index (κ3) is 3.17. The van der Waals surface area contributed by atoms with E-state index in [2.05, 4.69) is 4.74 Å². The minimum absolute atomic E-state index is 0.00941. The molecule has 16 heavy (non-hydrogen) atoms. The summed E-state index contributed by atoms with van der Waals surface area (Å²) < 4.78 is 4.49. The van der Waals surface area contributed by atoms with Crippen LogP contribution in [0.25, 0.3) is 0 Å². The highest BCUT2D eigenvalue weighted by molar-refractivity contribution is 6.37. The molecule has 0 saturated heterocycles. The molecule has 0 bridgehead atoms. The van der Waals surface area contributed by atoms with Crippen molar-refractivity contribution in [3.05, 3.63) is 27.7 Å². The maximum absolute atomic E-state index is 11.0. The Morgan fingerprint density at radius 3 is 2.38 bits per heavy atom. The summed E-state index contributed by atoms with van der Waals surface area (Å²) in [6.45, 7) is 0. The van der Waals surface area contributed by atoms with Crippen molar-refractivity contribution in [2.24, 2.45) is 0 Å². The first-order valence-corrected chi connectivity index (χ1v) is 5.53. The molecule has 88 valence electrons. The van der Waals surface area contributed by atoms with E-state index in [1.54, 1.807) is 0 Å². The number of benzene rings is 1. The van der Waals surface area contributed by atoms with Crippen LogP contribution in [0, 0.1) is 0 Å². The Bertz CT molecular complexity index is 383. The second kappa shape index (κ2) is 5.62. The van der Waals surface area contributed by atoms with Crippen LogP contribution in [0.15, 0.2) is 12.1 Å². The van der Waals surface area contributed by atoms with E-state index in [9.17, 15) is 9.90 Å². The molecule has 0 aliphatic heterocycles. The molecule has 1 N–H and O–H groups in total. The number of esters is 1. The molecule has 6 heteroatoms. The van der Waals surface area contributed by atoms with Crippen molar-refractivity contribution in [3.63, 3.8) is 0 Å². The average Bonchev–Trinajstić information content (AvgIpc) is 2.24. The van der Waals surface area contributed by atoms with Crippen LogP contribution in [-0.4, -0.2) is 18.2 Å². The van der Waals surface area contributed by atoms with Crippen LogP contribution in [0.4, 0.5) is 0 Å². The highest BCUT2D eigenvalue weighted by Crippen LogP contribution is 2.37. The van der Waals surface area contributed by atoms with Gasteiger partial charge < -0.3 is 9.84 Å². The molecule has 0 radical (unpaired) electrons. The fraction of sp³-hybridized carbons (Fsp3) is 0.300. The van der Waals surface area contributed by atoms with Crippen molar-refractivity contribution in [1.82, 2.24) is 0 Å². The number of carbonyl (C=O) groups excluding carboxylic acids is 1. The predicted octanol–water partition coefficient (Wildman–Crippen LogP) is 3.54. The summed E-state index contributed by atoms with van der Waals surface area (Å²) >= 11 is 17.4. The summed E-state index contributed by atoms with van der Waals surface area (Å²) in [5.74, 6) is -0.630. The average molecular weight is 284 g/mol. The molecule has 1 atom stereocenters. The number of phenols is 1. The maximum atomic E-state index is 11.0. The lowest BCUT2D eigenvalue weighted by molar-refractivity contribution is -0.140. The molecular weight excluding hydrogens is 274 g/mol. The van der Waals surface area contributed by atoms with Crippen molar-refractivity contribution in [2.45, 2.75) is 11.8 Å². The Morgan fingerprint density at radius 2 is 1.94 bits per heavy atom. The van der Waals surface area contributed by atoms with E-state index in [1.807, 2.05) is 0 Å². The summed E-state index contributed by atoms with van der Waals surface area (Å²) in [6.07, 6.45) is 0.00941. The van der Waals surface area contributed by atoms with Gasteiger partial charge in [0.15, 0.2) is 5.75 Å². The third-order valence-corrected chi connectivity index (χ3v) is 2.96. The minimum atomic E-state index is -0.594. The van der Waals surface area contributed by atoms with Gasteiger partial charge >= 0.3 is 5.97 Å². The van der Waals surface area contributed by atoms with Gasteiger partial charge in [-0.1, -0.05) is 23.2 Å². The van der Waals surface area contributed by atoms with Crippen LogP contribution in [0.1, 0.15) is 17.4 Å². The van der Waals surface area contributed by atoms with Crippen molar-refractivity contribution in [1.29, 1.82) is 0 Å². The van der Waals surface area contributed by atoms with Crippen LogP contribution < -0.4 is 0 Å². The van der Waals surface area contributed by atoms with Gasteiger partial charge in [0, 0.05) is 0 Å². The van der Waals surface area contributed by atoms with Gasteiger partial charge in [-0.3, -0.25) is 4.79 Å². The zero-order chi connectivity index (χ0) is 12.3. The molecule has 1 rings (SSSR count). The highest BCUT2D eigenvalue weighted by atomic mass is 35.5. The molecular formula is C10H9Cl3O3. The first-order valence-electron chi connectivity index (χ1n) is 4.34. The first-order chi connectivity index (χ1) is 7.45. The number of hydrogen-bond donors (Lipinski definition) is 1. The third-order valence-electron chi connectivity index (χ3n) is 1.97. The number of carbonyl (C=O) groups is 1.